The Morgan fingerprint density at radius 1 is 1.19 bits per heavy atom. The maximum atomic E-state index is 12.2. The summed E-state index contributed by atoms with van der Waals surface area (Å²) in [7, 11) is 1.86. The van der Waals surface area contributed by atoms with E-state index >= 15 is 0 Å². The fraction of sp³-hybridized carbons (Fsp3) is 0.211. The van der Waals surface area contributed by atoms with E-state index in [9.17, 15) is 4.79 Å². The van der Waals surface area contributed by atoms with Crippen molar-refractivity contribution < 1.29 is 9.53 Å². The van der Waals surface area contributed by atoms with Crippen LogP contribution in [0.3, 0.4) is 0 Å². The molecule has 6 nitrogen and oxygen atoms in total. The van der Waals surface area contributed by atoms with Gasteiger partial charge < -0.3 is 14.6 Å². The Bertz CT molecular complexity index is 917. The Labute approximate surface area is 166 Å². The van der Waals surface area contributed by atoms with Crippen LogP contribution in [0.25, 0.3) is 0 Å². The molecule has 0 saturated carbocycles. The number of nitrogens with zero attached hydrogens (tertiary/aromatic N) is 3. The number of ether oxygens (including phenoxy) is 1. The van der Waals surface area contributed by atoms with E-state index < -0.39 is 0 Å². The van der Waals surface area contributed by atoms with E-state index in [0.29, 0.717) is 21.7 Å². The molecule has 0 bridgehead atoms. The van der Waals surface area contributed by atoms with Crippen LogP contribution in [0.15, 0.2) is 59.8 Å². The maximum absolute atomic E-state index is 12.2. The second kappa shape index (κ2) is 8.92. The van der Waals surface area contributed by atoms with Crippen LogP contribution in [-0.4, -0.2) is 26.4 Å². The minimum atomic E-state index is -0.267. The highest BCUT2D eigenvalue weighted by Crippen LogP contribution is 2.24. The summed E-state index contributed by atoms with van der Waals surface area (Å²) in [6.07, 6.45) is -0.267. The topological polar surface area (TPSA) is 69.0 Å². The highest BCUT2D eigenvalue weighted by atomic mass is 35.5. The number of carbonyl (C=O) groups is 1. The van der Waals surface area contributed by atoms with Crippen molar-refractivity contribution in [3.05, 3.63) is 65.4 Å². The standard InChI is InChI=1S/C19H19ClN4O2S/c1-13(26-14-8-4-3-5-9-14)18-22-23-19(24(18)2)27-12-17(25)21-16-11-7-6-10-15(16)20/h3-11,13H,12H2,1-2H3,(H,21,25)/t13-/m1/s1. The van der Waals surface area contributed by atoms with Gasteiger partial charge >= 0.3 is 0 Å². The molecule has 8 heteroatoms. The molecule has 0 spiro atoms. The molecule has 1 amide bonds. The van der Waals surface area contributed by atoms with Crippen molar-refractivity contribution in [2.45, 2.75) is 18.2 Å². The molecule has 0 aliphatic heterocycles. The first kappa shape index (κ1) is 19.3. The van der Waals surface area contributed by atoms with E-state index in [1.165, 1.54) is 11.8 Å². The number of amides is 1. The highest BCUT2D eigenvalue weighted by Gasteiger charge is 2.18. The zero-order valence-electron chi connectivity index (χ0n) is 14.9. The number of rotatable bonds is 7. The van der Waals surface area contributed by atoms with E-state index in [1.807, 2.05) is 61.0 Å². The molecular weight excluding hydrogens is 384 g/mol. The fourth-order valence-corrected chi connectivity index (χ4v) is 3.34. The number of para-hydroxylation sites is 2. The lowest BCUT2D eigenvalue weighted by Gasteiger charge is -2.14. The molecule has 0 fully saturated rings. The van der Waals surface area contributed by atoms with Crippen molar-refractivity contribution in [3.63, 3.8) is 0 Å². The van der Waals surface area contributed by atoms with Crippen molar-refractivity contribution in [1.29, 1.82) is 0 Å². The summed E-state index contributed by atoms with van der Waals surface area (Å²) in [5.41, 5.74) is 0.591. The summed E-state index contributed by atoms with van der Waals surface area (Å²) >= 11 is 7.36. The quantitative estimate of drug-likeness (QED) is 0.595. The number of benzene rings is 2. The van der Waals surface area contributed by atoms with E-state index in [0.717, 1.165) is 5.75 Å². The van der Waals surface area contributed by atoms with Gasteiger partial charge in [-0.05, 0) is 31.2 Å². The minimum Gasteiger partial charge on any atom is -0.483 e. The molecule has 2 aromatic carbocycles. The van der Waals surface area contributed by atoms with Gasteiger partial charge in [0.05, 0.1) is 16.5 Å². The van der Waals surface area contributed by atoms with Crippen LogP contribution in [0.4, 0.5) is 5.69 Å². The van der Waals surface area contributed by atoms with Crippen LogP contribution in [0.5, 0.6) is 5.75 Å². The van der Waals surface area contributed by atoms with Crippen LogP contribution in [0, 0.1) is 0 Å². The molecule has 1 N–H and O–H groups in total. The summed E-state index contributed by atoms with van der Waals surface area (Å²) in [5, 5.41) is 12.3. The van der Waals surface area contributed by atoms with Crippen LogP contribution >= 0.6 is 23.4 Å². The molecular formula is C19H19ClN4O2S. The number of anilines is 1. The van der Waals surface area contributed by atoms with Gasteiger partial charge in [0.2, 0.25) is 5.91 Å². The average molecular weight is 403 g/mol. The first-order valence-corrected chi connectivity index (χ1v) is 9.69. The predicted molar refractivity (Wildman–Crippen MR) is 107 cm³/mol. The van der Waals surface area contributed by atoms with E-state index in [4.69, 9.17) is 16.3 Å². The Morgan fingerprint density at radius 2 is 1.89 bits per heavy atom. The zero-order valence-corrected chi connectivity index (χ0v) is 16.5. The summed E-state index contributed by atoms with van der Waals surface area (Å²) in [6.45, 7) is 1.91. The van der Waals surface area contributed by atoms with E-state index in [-0.39, 0.29) is 17.8 Å². The SMILES string of the molecule is C[C@@H](Oc1ccccc1)c1nnc(SCC(=O)Nc2ccccc2Cl)n1C. The predicted octanol–water partition coefficient (Wildman–Crippen LogP) is 4.34. The third-order valence-corrected chi connectivity index (χ3v) is 5.12. The average Bonchev–Trinajstić information content (AvgIpc) is 3.03. The molecule has 0 aliphatic carbocycles. The number of hydrogen-bond acceptors (Lipinski definition) is 5. The summed E-state index contributed by atoms with van der Waals surface area (Å²) < 4.78 is 7.72. The van der Waals surface area contributed by atoms with Crippen LogP contribution in [-0.2, 0) is 11.8 Å². The van der Waals surface area contributed by atoms with Gasteiger partial charge in [-0.15, -0.1) is 10.2 Å². The van der Waals surface area contributed by atoms with Crippen LogP contribution < -0.4 is 10.1 Å². The fourth-order valence-electron chi connectivity index (χ4n) is 2.44. The number of carbonyl (C=O) groups excluding carboxylic acids is 1. The Kier molecular flexibility index (Phi) is 6.36. The first-order valence-electron chi connectivity index (χ1n) is 8.32. The zero-order chi connectivity index (χ0) is 19.2. The van der Waals surface area contributed by atoms with Gasteiger partial charge in [-0.1, -0.05) is 53.7 Å². The lowest BCUT2D eigenvalue weighted by molar-refractivity contribution is -0.113. The van der Waals surface area contributed by atoms with Crippen LogP contribution in [0.1, 0.15) is 18.9 Å². The third kappa shape index (κ3) is 5.02. The smallest absolute Gasteiger partial charge is 0.234 e. The third-order valence-electron chi connectivity index (χ3n) is 3.77. The minimum absolute atomic E-state index is 0.161. The molecule has 0 unspecified atom stereocenters. The molecule has 0 aliphatic rings. The van der Waals surface area contributed by atoms with E-state index in [2.05, 4.69) is 15.5 Å². The summed E-state index contributed by atoms with van der Waals surface area (Å²) in [6, 6.07) is 16.7. The molecule has 1 atom stereocenters. The number of aromatic nitrogens is 3. The van der Waals surface area contributed by atoms with Gasteiger partial charge in [0.25, 0.3) is 0 Å². The molecule has 1 heterocycles. The summed E-state index contributed by atoms with van der Waals surface area (Å²) in [5.74, 6) is 1.49. The Hall–Kier alpha value is -2.51. The van der Waals surface area contributed by atoms with Gasteiger partial charge in [-0.2, -0.15) is 0 Å². The molecule has 0 radical (unpaired) electrons. The molecule has 3 rings (SSSR count). The van der Waals surface area contributed by atoms with Crippen molar-refractivity contribution in [1.82, 2.24) is 14.8 Å². The van der Waals surface area contributed by atoms with Crippen molar-refractivity contribution in [3.8, 4) is 5.75 Å². The Morgan fingerprint density at radius 3 is 2.63 bits per heavy atom. The van der Waals surface area contributed by atoms with Gasteiger partial charge in [0, 0.05) is 7.05 Å². The van der Waals surface area contributed by atoms with Crippen LogP contribution in [0.2, 0.25) is 5.02 Å². The van der Waals surface area contributed by atoms with Gasteiger partial charge in [-0.3, -0.25) is 4.79 Å². The normalized spacial score (nSPS) is 11.8. The molecule has 1 aromatic heterocycles. The lowest BCUT2D eigenvalue weighted by atomic mass is 10.3. The molecule has 27 heavy (non-hydrogen) atoms. The second-order valence-corrected chi connectivity index (χ2v) is 7.14. The number of halogens is 1. The highest BCUT2D eigenvalue weighted by molar-refractivity contribution is 7.99. The van der Waals surface area contributed by atoms with Gasteiger partial charge in [-0.25, -0.2) is 0 Å². The van der Waals surface area contributed by atoms with Crippen molar-refractivity contribution in [2.24, 2.45) is 7.05 Å². The molecule has 140 valence electrons. The number of nitrogens with one attached hydrogen (secondary N) is 1. The first-order chi connectivity index (χ1) is 13.0. The largest absolute Gasteiger partial charge is 0.483 e. The lowest BCUT2D eigenvalue weighted by Crippen LogP contribution is -2.15. The van der Waals surface area contributed by atoms with E-state index in [1.54, 1.807) is 12.1 Å². The Balaban J connectivity index is 1.58. The van der Waals surface area contributed by atoms with Gasteiger partial charge in [0.1, 0.15) is 5.75 Å². The van der Waals surface area contributed by atoms with Crippen molar-refractivity contribution in [2.75, 3.05) is 11.1 Å². The maximum Gasteiger partial charge on any atom is 0.234 e. The number of thioether (sulfide) groups is 1. The molecule has 0 saturated heterocycles. The molecule has 3 aromatic rings. The number of hydrogen-bond donors (Lipinski definition) is 1. The summed E-state index contributed by atoms with van der Waals surface area (Å²) in [4.78, 5) is 12.2. The van der Waals surface area contributed by atoms with Crippen molar-refractivity contribution >= 4 is 35.0 Å². The second-order valence-electron chi connectivity index (χ2n) is 5.79. The monoisotopic (exact) mass is 402 g/mol. The van der Waals surface area contributed by atoms with Gasteiger partial charge in [0.15, 0.2) is 17.1 Å².